The van der Waals surface area contributed by atoms with Gasteiger partial charge in [0.25, 0.3) is 0 Å². The van der Waals surface area contributed by atoms with Gasteiger partial charge in [-0.3, -0.25) is 0 Å². The summed E-state index contributed by atoms with van der Waals surface area (Å²) in [5.74, 6) is 0.689. The first-order valence-electron chi connectivity index (χ1n) is 5.85. The van der Waals surface area contributed by atoms with Crippen LogP contribution in [-0.2, 0) is 5.54 Å². The number of hydrogen-bond donors (Lipinski definition) is 1. The van der Waals surface area contributed by atoms with Crippen molar-refractivity contribution in [2.45, 2.75) is 45.6 Å². The number of rotatable bonds is 1. The van der Waals surface area contributed by atoms with Gasteiger partial charge in [0.1, 0.15) is 0 Å². The van der Waals surface area contributed by atoms with Crippen molar-refractivity contribution in [3.8, 4) is 0 Å². The van der Waals surface area contributed by atoms with E-state index in [1.807, 2.05) is 6.07 Å². The second-order valence-corrected chi connectivity index (χ2v) is 7.83. The summed E-state index contributed by atoms with van der Waals surface area (Å²) in [6.45, 7) is 6.94. The molecule has 1 aromatic heterocycles. The summed E-state index contributed by atoms with van der Waals surface area (Å²) in [5.41, 5.74) is 6.78. The molecule has 1 aliphatic rings. The Labute approximate surface area is 107 Å². The Morgan fingerprint density at radius 1 is 1.38 bits per heavy atom. The van der Waals surface area contributed by atoms with E-state index in [0.29, 0.717) is 11.3 Å². The van der Waals surface area contributed by atoms with Crippen LogP contribution >= 0.6 is 22.9 Å². The molecule has 1 saturated carbocycles. The third-order valence-electron chi connectivity index (χ3n) is 3.47. The Bertz CT molecular complexity index is 385. The first-order valence-corrected chi connectivity index (χ1v) is 7.05. The minimum absolute atomic E-state index is 0.168. The van der Waals surface area contributed by atoms with Crippen molar-refractivity contribution in [3.05, 3.63) is 21.3 Å². The average Bonchev–Trinajstić information content (AvgIpc) is 2.47. The first-order chi connectivity index (χ1) is 7.31. The molecule has 1 heterocycles. The third-order valence-corrected chi connectivity index (χ3v) is 4.92. The lowest BCUT2D eigenvalue weighted by atomic mass is 9.64. The number of halogens is 1. The third kappa shape index (κ3) is 2.44. The minimum Gasteiger partial charge on any atom is -0.321 e. The molecule has 0 amide bonds. The SMILES string of the molecule is CC1CC(C)(C)CC(N)(c2ccc(Cl)s2)C1. The molecule has 2 rings (SSSR count). The highest BCUT2D eigenvalue weighted by molar-refractivity contribution is 7.16. The topological polar surface area (TPSA) is 26.0 Å². The summed E-state index contributed by atoms with van der Waals surface area (Å²) >= 11 is 7.65. The smallest absolute Gasteiger partial charge is 0.0931 e. The van der Waals surface area contributed by atoms with Gasteiger partial charge in [-0.15, -0.1) is 11.3 Å². The fourth-order valence-electron chi connectivity index (χ4n) is 3.41. The molecule has 0 aliphatic heterocycles. The monoisotopic (exact) mass is 257 g/mol. The van der Waals surface area contributed by atoms with E-state index in [9.17, 15) is 0 Å². The van der Waals surface area contributed by atoms with Crippen LogP contribution in [0.2, 0.25) is 4.34 Å². The molecule has 2 N–H and O–H groups in total. The standard InChI is InChI=1S/C13H20ClNS/c1-9-6-12(2,3)8-13(15,7-9)10-4-5-11(14)16-10/h4-5,9H,6-8,15H2,1-3H3. The molecule has 3 heteroatoms. The lowest BCUT2D eigenvalue weighted by Crippen LogP contribution is -2.46. The van der Waals surface area contributed by atoms with Gasteiger partial charge >= 0.3 is 0 Å². The van der Waals surface area contributed by atoms with Crippen molar-refractivity contribution < 1.29 is 0 Å². The van der Waals surface area contributed by atoms with Crippen molar-refractivity contribution in [1.29, 1.82) is 0 Å². The lowest BCUT2D eigenvalue weighted by Gasteiger charge is -2.45. The van der Waals surface area contributed by atoms with Crippen LogP contribution in [0.3, 0.4) is 0 Å². The van der Waals surface area contributed by atoms with Crippen molar-refractivity contribution in [1.82, 2.24) is 0 Å². The Morgan fingerprint density at radius 3 is 2.56 bits per heavy atom. The normalized spacial score (nSPS) is 33.9. The largest absolute Gasteiger partial charge is 0.321 e. The van der Waals surface area contributed by atoms with E-state index >= 15 is 0 Å². The second kappa shape index (κ2) is 4.01. The van der Waals surface area contributed by atoms with Gasteiger partial charge in [0, 0.05) is 4.88 Å². The molecule has 1 aliphatic carbocycles. The molecule has 0 bridgehead atoms. The maximum atomic E-state index is 6.61. The summed E-state index contributed by atoms with van der Waals surface area (Å²) in [6.07, 6.45) is 3.40. The Morgan fingerprint density at radius 2 is 2.06 bits per heavy atom. The summed E-state index contributed by atoms with van der Waals surface area (Å²) in [4.78, 5) is 1.25. The molecule has 1 fully saturated rings. The fourth-order valence-corrected chi connectivity index (χ4v) is 4.56. The minimum atomic E-state index is -0.168. The van der Waals surface area contributed by atoms with E-state index in [4.69, 9.17) is 17.3 Å². The van der Waals surface area contributed by atoms with Crippen LogP contribution in [0.25, 0.3) is 0 Å². The van der Waals surface area contributed by atoms with Crippen LogP contribution in [0.1, 0.15) is 44.9 Å². The summed E-state index contributed by atoms with van der Waals surface area (Å²) in [5, 5.41) is 0. The van der Waals surface area contributed by atoms with E-state index < -0.39 is 0 Å². The summed E-state index contributed by atoms with van der Waals surface area (Å²) in [7, 11) is 0. The molecule has 0 aromatic carbocycles. The van der Waals surface area contributed by atoms with Crippen molar-refractivity contribution in [2.24, 2.45) is 17.1 Å². The van der Waals surface area contributed by atoms with Gasteiger partial charge in [0.05, 0.1) is 9.88 Å². The molecule has 0 saturated heterocycles. The molecule has 16 heavy (non-hydrogen) atoms. The predicted molar refractivity (Wildman–Crippen MR) is 72.0 cm³/mol. The zero-order chi connectivity index (χ0) is 12.0. The van der Waals surface area contributed by atoms with E-state index in [1.54, 1.807) is 11.3 Å². The molecule has 1 aromatic rings. The Hall–Kier alpha value is -0.0500. The molecule has 90 valence electrons. The van der Waals surface area contributed by atoms with Gasteiger partial charge < -0.3 is 5.73 Å². The quantitative estimate of drug-likeness (QED) is 0.793. The molecule has 0 radical (unpaired) electrons. The molecule has 1 nitrogen and oxygen atoms in total. The highest BCUT2D eigenvalue weighted by atomic mass is 35.5. The summed E-state index contributed by atoms with van der Waals surface area (Å²) < 4.78 is 0.843. The van der Waals surface area contributed by atoms with Crippen LogP contribution in [0, 0.1) is 11.3 Å². The molecule has 2 unspecified atom stereocenters. The van der Waals surface area contributed by atoms with Crippen LogP contribution in [0.15, 0.2) is 12.1 Å². The Kier molecular flexibility index (Phi) is 3.11. The zero-order valence-corrected chi connectivity index (χ0v) is 11.8. The van der Waals surface area contributed by atoms with Crippen molar-refractivity contribution in [3.63, 3.8) is 0 Å². The average molecular weight is 258 g/mol. The van der Waals surface area contributed by atoms with Gasteiger partial charge in [-0.25, -0.2) is 0 Å². The zero-order valence-electron chi connectivity index (χ0n) is 10.2. The molecular weight excluding hydrogens is 238 g/mol. The van der Waals surface area contributed by atoms with E-state index in [0.717, 1.165) is 17.2 Å². The fraction of sp³-hybridized carbons (Fsp3) is 0.692. The second-order valence-electron chi connectivity index (χ2n) is 6.11. The van der Waals surface area contributed by atoms with Gasteiger partial charge in [0.15, 0.2) is 0 Å². The van der Waals surface area contributed by atoms with Gasteiger partial charge in [-0.1, -0.05) is 32.4 Å². The number of hydrogen-bond acceptors (Lipinski definition) is 2. The number of nitrogens with two attached hydrogens (primary N) is 1. The van der Waals surface area contributed by atoms with Crippen molar-refractivity contribution in [2.75, 3.05) is 0 Å². The summed E-state index contributed by atoms with van der Waals surface area (Å²) in [6, 6.07) is 4.06. The maximum Gasteiger partial charge on any atom is 0.0931 e. The molecule has 2 atom stereocenters. The van der Waals surface area contributed by atoms with Crippen LogP contribution in [0.4, 0.5) is 0 Å². The maximum absolute atomic E-state index is 6.61. The van der Waals surface area contributed by atoms with Crippen LogP contribution in [-0.4, -0.2) is 0 Å². The van der Waals surface area contributed by atoms with Gasteiger partial charge in [-0.05, 0) is 42.7 Å². The number of thiophene rings is 1. The first kappa shape index (κ1) is 12.4. The van der Waals surface area contributed by atoms with E-state index in [1.165, 1.54) is 11.3 Å². The van der Waals surface area contributed by atoms with Crippen LogP contribution < -0.4 is 5.73 Å². The van der Waals surface area contributed by atoms with Gasteiger partial charge in [0.2, 0.25) is 0 Å². The predicted octanol–water partition coefficient (Wildman–Crippen LogP) is 4.40. The molecular formula is C13H20ClNS. The molecule has 0 spiro atoms. The Balaban J connectivity index is 2.30. The van der Waals surface area contributed by atoms with Gasteiger partial charge in [-0.2, -0.15) is 0 Å². The van der Waals surface area contributed by atoms with E-state index in [2.05, 4.69) is 26.8 Å². The lowest BCUT2D eigenvalue weighted by molar-refractivity contribution is 0.109. The highest BCUT2D eigenvalue weighted by Crippen LogP contribution is 2.48. The van der Waals surface area contributed by atoms with Crippen LogP contribution in [0.5, 0.6) is 0 Å². The van der Waals surface area contributed by atoms with Crippen molar-refractivity contribution >= 4 is 22.9 Å². The highest BCUT2D eigenvalue weighted by Gasteiger charge is 2.42. The van der Waals surface area contributed by atoms with E-state index in [-0.39, 0.29) is 5.54 Å².